The van der Waals surface area contributed by atoms with Gasteiger partial charge in [-0.25, -0.2) is 9.97 Å². The number of rotatable bonds is 7. The van der Waals surface area contributed by atoms with Crippen molar-refractivity contribution in [2.75, 3.05) is 25.0 Å². The van der Waals surface area contributed by atoms with Gasteiger partial charge in [-0.05, 0) is 25.3 Å². The Morgan fingerprint density at radius 1 is 1.39 bits per heavy atom. The van der Waals surface area contributed by atoms with Crippen molar-refractivity contribution in [3.05, 3.63) is 18.0 Å². The fourth-order valence-corrected chi connectivity index (χ4v) is 2.23. The van der Waals surface area contributed by atoms with Crippen LogP contribution in [0.4, 0.5) is 19.1 Å². The number of carbonyl (C=O) groups is 1. The van der Waals surface area contributed by atoms with Crippen LogP contribution in [-0.2, 0) is 15.7 Å². The van der Waals surface area contributed by atoms with E-state index in [1.165, 1.54) is 0 Å². The molecule has 1 aliphatic heterocycles. The Morgan fingerprint density at radius 3 is 2.91 bits per heavy atom. The van der Waals surface area contributed by atoms with Crippen molar-refractivity contribution in [1.82, 2.24) is 15.3 Å². The van der Waals surface area contributed by atoms with Crippen molar-refractivity contribution in [3.8, 4) is 0 Å². The monoisotopic (exact) mass is 332 g/mol. The molecule has 0 bridgehead atoms. The molecule has 1 aliphatic rings. The summed E-state index contributed by atoms with van der Waals surface area (Å²) < 4.78 is 42.9. The van der Waals surface area contributed by atoms with Gasteiger partial charge in [0.05, 0.1) is 6.10 Å². The zero-order valence-corrected chi connectivity index (χ0v) is 12.5. The van der Waals surface area contributed by atoms with Crippen molar-refractivity contribution in [2.24, 2.45) is 0 Å². The lowest BCUT2D eigenvalue weighted by molar-refractivity contribution is -0.141. The zero-order valence-electron chi connectivity index (χ0n) is 12.5. The van der Waals surface area contributed by atoms with Gasteiger partial charge in [-0.15, -0.1) is 0 Å². The maximum atomic E-state index is 12.5. The molecule has 1 saturated heterocycles. The smallest absolute Gasteiger partial charge is 0.378 e. The highest BCUT2D eigenvalue weighted by Crippen LogP contribution is 2.27. The molecule has 1 atom stereocenters. The molecule has 128 valence electrons. The zero-order chi connectivity index (χ0) is 16.7. The van der Waals surface area contributed by atoms with Crippen LogP contribution in [0.1, 0.15) is 31.4 Å². The van der Waals surface area contributed by atoms with E-state index in [1.54, 1.807) is 0 Å². The Bertz CT molecular complexity index is 519. The van der Waals surface area contributed by atoms with Crippen LogP contribution >= 0.6 is 0 Å². The van der Waals surface area contributed by atoms with Crippen LogP contribution in [0.5, 0.6) is 0 Å². The minimum Gasteiger partial charge on any atom is -0.378 e. The number of aromatic nitrogens is 2. The molecular weight excluding hydrogens is 313 g/mol. The standard InChI is InChI=1S/C14H19F3N4O2/c15-14(16,17)11-5-6-19-13(21-11)20-8-7-18-12(22)4-3-10-2-1-9-23-10/h5-6,10H,1-4,7-9H2,(H,18,22)(H,19,20,21). The SMILES string of the molecule is O=C(CCC1CCCO1)NCCNc1nccc(C(F)(F)F)n1. The Morgan fingerprint density at radius 2 is 2.22 bits per heavy atom. The van der Waals surface area contributed by atoms with E-state index >= 15 is 0 Å². The summed E-state index contributed by atoms with van der Waals surface area (Å²) >= 11 is 0. The second-order valence-corrected chi connectivity index (χ2v) is 5.21. The van der Waals surface area contributed by atoms with E-state index in [0.29, 0.717) is 12.8 Å². The van der Waals surface area contributed by atoms with Crippen LogP contribution in [0.3, 0.4) is 0 Å². The maximum Gasteiger partial charge on any atom is 0.433 e. The molecule has 1 unspecified atom stereocenters. The summed E-state index contributed by atoms with van der Waals surface area (Å²) in [6.07, 6.45) is -0.207. The van der Waals surface area contributed by atoms with Gasteiger partial charge < -0.3 is 15.4 Å². The van der Waals surface area contributed by atoms with Crippen LogP contribution in [0, 0.1) is 0 Å². The summed E-state index contributed by atoms with van der Waals surface area (Å²) in [5, 5.41) is 5.34. The molecule has 1 aromatic rings. The average molecular weight is 332 g/mol. The van der Waals surface area contributed by atoms with E-state index in [0.717, 1.165) is 31.7 Å². The van der Waals surface area contributed by atoms with Gasteiger partial charge in [0.2, 0.25) is 11.9 Å². The number of halogens is 3. The lowest BCUT2D eigenvalue weighted by Gasteiger charge is -2.10. The molecule has 1 aromatic heterocycles. The molecule has 2 N–H and O–H groups in total. The topological polar surface area (TPSA) is 76.1 Å². The van der Waals surface area contributed by atoms with Gasteiger partial charge in [0.25, 0.3) is 0 Å². The molecule has 9 heteroatoms. The van der Waals surface area contributed by atoms with Gasteiger partial charge in [-0.3, -0.25) is 4.79 Å². The molecule has 0 spiro atoms. The molecule has 0 saturated carbocycles. The van der Waals surface area contributed by atoms with Crippen LogP contribution in [0.15, 0.2) is 12.3 Å². The van der Waals surface area contributed by atoms with E-state index in [1.807, 2.05) is 0 Å². The van der Waals surface area contributed by atoms with Crippen LogP contribution in [-0.4, -0.2) is 41.7 Å². The van der Waals surface area contributed by atoms with Crippen molar-refractivity contribution in [2.45, 2.75) is 38.0 Å². The van der Waals surface area contributed by atoms with E-state index in [-0.39, 0.29) is 31.0 Å². The number of alkyl halides is 3. The molecule has 0 aliphatic carbocycles. The first-order valence-electron chi connectivity index (χ1n) is 7.47. The minimum absolute atomic E-state index is 0.104. The summed E-state index contributed by atoms with van der Waals surface area (Å²) in [4.78, 5) is 18.7. The number of hydrogen-bond acceptors (Lipinski definition) is 5. The van der Waals surface area contributed by atoms with Crippen molar-refractivity contribution >= 4 is 11.9 Å². The first kappa shape index (κ1) is 17.5. The van der Waals surface area contributed by atoms with Gasteiger partial charge in [0, 0.05) is 32.3 Å². The van der Waals surface area contributed by atoms with Crippen LogP contribution in [0.2, 0.25) is 0 Å². The quantitative estimate of drug-likeness (QED) is 0.747. The number of carbonyl (C=O) groups excluding carboxylic acids is 1. The lowest BCUT2D eigenvalue weighted by atomic mass is 10.1. The molecule has 0 radical (unpaired) electrons. The summed E-state index contributed by atoms with van der Waals surface area (Å²) in [6, 6.07) is 0.804. The largest absolute Gasteiger partial charge is 0.433 e. The summed E-state index contributed by atoms with van der Waals surface area (Å²) in [6.45, 7) is 1.28. The molecule has 0 aromatic carbocycles. The Balaban J connectivity index is 1.64. The molecular formula is C14H19F3N4O2. The third kappa shape index (κ3) is 6.01. The third-order valence-electron chi connectivity index (χ3n) is 3.39. The van der Waals surface area contributed by atoms with E-state index in [4.69, 9.17) is 4.74 Å². The highest BCUT2D eigenvalue weighted by molar-refractivity contribution is 5.75. The average Bonchev–Trinajstić information content (AvgIpc) is 3.02. The fourth-order valence-electron chi connectivity index (χ4n) is 2.23. The fraction of sp³-hybridized carbons (Fsp3) is 0.643. The number of hydrogen-bond donors (Lipinski definition) is 2. The third-order valence-corrected chi connectivity index (χ3v) is 3.39. The molecule has 2 rings (SSSR count). The number of nitrogens with zero attached hydrogens (tertiary/aromatic N) is 2. The Hall–Kier alpha value is -1.90. The second-order valence-electron chi connectivity index (χ2n) is 5.21. The van der Waals surface area contributed by atoms with Crippen molar-refractivity contribution in [1.29, 1.82) is 0 Å². The first-order valence-corrected chi connectivity index (χ1v) is 7.47. The normalized spacial score (nSPS) is 18.0. The summed E-state index contributed by atoms with van der Waals surface area (Å²) in [7, 11) is 0. The second kappa shape index (κ2) is 8.09. The molecule has 1 fully saturated rings. The highest BCUT2D eigenvalue weighted by Gasteiger charge is 2.32. The van der Waals surface area contributed by atoms with Crippen LogP contribution < -0.4 is 10.6 Å². The van der Waals surface area contributed by atoms with Crippen molar-refractivity contribution in [3.63, 3.8) is 0 Å². The number of ether oxygens (including phenoxy) is 1. The highest BCUT2D eigenvalue weighted by atomic mass is 19.4. The minimum atomic E-state index is -4.50. The number of anilines is 1. The van der Waals surface area contributed by atoms with Crippen molar-refractivity contribution < 1.29 is 22.7 Å². The van der Waals surface area contributed by atoms with Gasteiger partial charge in [0.15, 0.2) is 0 Å². The predicted molar refractivity (Wildman–Crippen MR) is 76.7 cm³/mol. The lowest BCUT2D eigenvalue weighted by Crippen LogP contribution is -2.29. The number of nitrogens with one attached hydrogen (secondary N) is 2. The molecule has 23 heavy (non-hydrogen) atoms. The summed E-state index contributed by atoms with van der Waals surface area (Å²) in [5.74, 6) is -0.222. The molecule has 1 amide bonds. The van der Waals surface area contributed by atoms with E-state index < -0.39 is 11.9 Å². The van der Waals surface area contributed by atoms with E-state index in [2.05, 4.69) is 20.6 Å². The van der Waals surface area contributed by atoms with Crippen LogP contribution in [0.25, 0.3) is 0 Å². The van der Waals surface area contributed by atoms with Gasteiger partial charge >= 0.3 is 6.18 Å². The Labute approximate surface area is 131 Å². The predicted octanol–water partition coefficient (Wildman–Crippen LogP) is 1.98. The molecule has 2 heterocycles. The molecule has 6 nitrogen and oxygen atoms in total. The Kier molecular flexibility index (Phi) is 6.14. The summed E-state index contributed by atoms with van der Waals surface area (Å²) in [5.41, 5.74) is -1.00. The number of amides is 1. The van der Waals surface area contributed by atoms with E-state index in [9.17, 15) is 18.0 Å². The maximum absolute atomic E-state index is 12.5. The first-order chi connectivity index (χ1) is 10.9. The van der Waals surface area contributed by atoms with Gasteiger partial charge in [-0.1, -0.05) is 0 Å². The van der Waals surface area contributed by atoms with Gasteiger partial charge in [-0.2, -0.15) is 13.2 Å². The van der Waals surface area contributed by atoms with Gasteiger partial charge in [0.1, 0.15) is 5.69 Å².